The first-order valence-electron chi connectivity index (χ1n) is 6.80. The van der Waals surface area contributed by atoms with Gasteiger partial charge in [-0.2, -0.15) is 0 Å². The fraction of sp³-hybridized carbons (Fsp3) is 0.846. The number of likely N-dealkylation sites (tertiary alicyclic amines) is 1. The molecule has 1 aliphatic rings. The van der Waals surface area contributed by atoms with Crippen molar-refractivity contribution in [3.05, 3.63) is 10.6 Å². The average molecular weight is 269 g/mol. The van der Waals surface area contributed by atoms with Crippen LogP contribution >= 0.6 is 11.5 Å². The molecule has 1 aliphatic heterocycles. The fourth-order valence-corrected chi connectivity index (χ4v) is 3.66. The summed E-state index contributed by atoms with van der Waals surface area (Å²) in [5, 5.41) is 13.8. The first kappa shape index (κ1) is 13.9. The quantitative estimate of drug-likeness (QED) is 0.890. The zero-order valence-electron chi connectivity index (χ0n) is 11.4. The molecule has 1 fully saturated rings. The highest BCUT2D eigenvalue weighted by molar-refractivity contribution is 7.05. The van der Waals surface area contributed by atoms with E-state index < -0.39 is 0 Å². The van der Waals surface area contributed by atoms with E-state index >= 15 is 0 Å². The molecule has 102 valence electrons. The summed E-state index contributed by atoms with van der Waals surface area (Å²) in [5.41, 5.74) is 1.18. The number of hydrogen-bond donors (Lipinski definition) is 1. The van der Waals surface area contributed by atoms with Crippen LogP contribution in [0.2, 0.25) is 0 Å². The summed E-state index contributed by atoms with van der Waals surface area (Å²) in [4.78, 5) is 3.72. The number of aryl methyl sites for hydroxylation is 1. The maximum Gasteiger partial charge on any atom is 0.0769 e. The molecular formula is C13H23N3OS. The lowest BCUT2D eigenvalue weighted by Gasteiger charge is -2.41. The highest BCUT2D eigenvalue weighted by Gasteiger charge is 2.34. The summed E-state index contributed by atoms with van der Waals surface area (Å²) in [6, 6.07) is 0. The van der Waals surface area contributed by atoms with Crippen molar-refractivity contribution in [2.24, 2.45) is 5.41 Å². The molecule has 2 heterocycles. The zero-order chi connectivity index (χ0) is 13.0. The van der Waals surface area contributed by atoms with Gasteiger partial charge < -0.3 is 5.11 Å². The maximum atomic E-state index is 9.72. The summed E-state index contributed by atoms with van der Waals surface area (Å²) < 4.78 is 4.00. The highest BCUT2D eigenvalue weighted by Crippen LogP contribution is 2.35. The van der Waals surface area contributed by atoms with E-state index in [1.165, 1.54) is 22.8 Å². The van der Waals surface area contributed by atoms with Crippen LogP contribution in [0, 0.1) is 12.3 Å². The lowest BCUT2D eigenvalue weighted by Crippen LogP contribution is -2.44. The van der Waals surface area contributed by atoms with Crippen LogP contribution in [0.4, 0.5) is 0 Å². The summed E-state index contributed by atoms with van der Waals surface area (Å²) in [7, 11) is 0. The number of rotatable bonds is 5. The lowest BCUT2D eigenvalue weighted by molar-refractivity contribution is 0.0219. The first-order chi connectivity index (χ1) is 8.69. The first-order valence-corrected chi connectivity index (χ1v) is 7.57. The molecular weight excluding hydrogens is 246 g/mol. The van der Waals surface area contributed by atoms with E-state index in [0.717, 1.165) is 44.6 Å². The van der Waals surface area contributed by atoms with Crippen LogP contribution in [0.1, 0.15) is 43.2 Å². The van der Waals surface area contributed by atoms with Crippen molar-refractivity contribution in [1.29, 1.82) is 0 Å². The maximum absolute atomic E-state index is 9.72. The van der Waals surface area contributed by atoms with Crippen molar-refractivity contribution in [3.63, 3.8) is 0 Å². The Hall–Kier alpha value is -0.520. The molecule has 0 aliphatic carbocycles. The van der Waals surface area contributed by atoms with E-state index in [1.807, 2.05) is 6.92 Å². The van der Waals surface area contributed by atoms with Crippen molar-refractivity contribution in [1.82, 2.24) is 14.5 Å². The van der Waals surface area contributed by atoms with Crippen LogP contribution in [0.25, 0.3) is 0 Å². The van der Waals surface area contributed by atoms with Crippen LogP contribution in [-0.4, -0.2) is 39.3 Å². The Morgan fingerprint density at radius 3 is 2.94 bits per heavy atom. The third kappa shape index (κ3) is 3.08. The van der Waals surface area contributed by atoms with Gasteiger partial charge in [0.25, 0.3) is 0 Å². The Morgan fingerprint density at radius 2 is 2.33 bits per heavy atom. The zero-order valence-corrected chi connectivity index (χ0v) is 12.2. The Balaban J connectivity index is 2.00. The van der Waals surface area contributed by atoms with Crippen LogP contribution in [-0.2, 0) is 6.54 Å². The van der Waals surface area contributed by atoms with Crippen molar-refractivity contribution in [2.75, 3.05) is 19.7 Å². The number of aliphatic hydroxyl groups is 1. The Labute approximate surface area is 113 Å². The van der Waals surface area contributed by atoms with E-state index in [2.05, 4.69) is 21.4 Å². The van der Waals surface area contributed by atoms with E-state index in [9.17, 15) is 5.11 Å². The Morgan fingerprint density at radius 1 is 1.50 bits per heavy atom. The lowest BCUT2D eigenvalue weighted by atomic mass is 9.77. The molecule has 0 radical (unpaired) electrons. The monoisotopic (exact) mass is 269 g/mol. The van der Waals surface area contributed by atoms with Gasteiger partial charge in [-0.3, -0.25) is 4.90 Å². The van der Waals surface area contributed by atoms with Crippen LogP contribution in [0.5, 0.6) is 0 Å². The molecule has 0 spiro atoms. The molecule has 1 aromatic rings. The number of nitrogens with zero attached hydrogens (tertiary/aromatic N) is 3. The molecule has 2 rings (SSSR count). The van der Waals surface area contributed by atoms with Crippen LogP contribution in [0.3, 0.4) is 0 Å². The molecule has 1 N–H and O–H groups in total. The topological polar surface area (TPSA) is 49.2 Å². The van der Waals surface area contributed by atoms with Crippen molar-refractivity contribution in [2.45, 2.75) is 46.1 Å². The molecule has 0 saturated carbocycles. The Kier molecular flexibility index (Phi) is 4.70. The number of aliphatic hydroxyl groups excluding tert-OH is 1. The molecule has 0 bridgehead atoms. The summed E-state index contributed by atoms with van der Waals surface area (Å²) in [6.45, 7) is 7.62. The minimum absolute atomic E-state index is 0.124. The van der Waals surface area contributed by atoms with Gasteiger partial charge in [0.15, 0.2) is 0 Å². The summed E-state index contributed by atoms with van der Waals surface area (Å²) in [5.74, 6) is 0. The van der Waals surface area contributed by atoms with Gasteiger partial charge in [0.2, 0.25) is 0 Å². The van der Waals surface area contributed by atoms with Gasteiger partial charge in [0.1, 0.15) is 0 Å². The van der Waals surface area contributed by atoms with Gasteiger partial charge in [-0.25, -0.2) is 0 Å². The Bertz CT molecular complexity index is 378. The van der Waals surface area contributed by atoms with E-state index in [-0.39, 0.29) is 5.41 Å². The van der Waals surface area contributed by atoms with Gasteiger partial charge in [-0.1, -0.05) is 17.8 Å². The molecule has 1 atom stereocenters. The molecule has 4 nitrogen and oxygen atoms in total. The summed E-state index contributed by atoms with van der Waals surface area (Å²) in [6.07, 6.45) is 4.62. The largest absolute Gasteiger partial charge is 0.396 e. The number of hydrogen-bond acceptors (Lipinski definition) is 5. The standard InChI is InChI=1S/C13H23N3OS/c1-3-5-13(10-17)6-4-7-16(9-13)8-12-11(2)14-15-18-12/h17H,3-10H2,1-2H3/t13-/m1/s1. The van der Waals surface area contributed by atoms with Gasteiger partial charge in [0.05, 0.1) is 10.6 Å². The fourth-order valence-electron chi connectivity index (χ4n) is 2.99. The van der Waals surface area contributed by atoms with Gasteiger partial charge in [-0.15, -0.1) is 5.10 Å². The van der Waals surface area contributed by atoms with Crippen LogP contribution < -0.4 is 0 Å². The second kappa shape index (κ2) is 6.08. The predicted octanol–water partition coefficient (Wildman–Crippen LogP) is 2.22. The molecule has 0 unspecified atom stereocenters. The summed E-state index contributed by atoms with van der Waals surface area (Å²) >= 11 is 1.50. The van der Waals surface area contributed by atoms with Crippen molar-refractivity contribution >= 4 is 11.5 Å². The third-order valence-electron chi connectivity index (χ3n) is 3.97. The second-order valence-corrected chi connectivity index (χ2v) is 6.34. The second-order valence-electron chi connectivity index (χ2n) is 5.50. The van der Waals surface area contributed by atoms with E-state index in [4.69, 9.17) is 0 Å². The van der Waals surface area contributed by atoms with Gasteiger partial charge >= 0.3 is 0 Å². The van der Waals surface area contributed by atoms with Gasteiger partial charge in [0, 0.05) is 25.1 Å². The van der Waals surface area contributed by atoms with Crippen LogP contribution in [0.15, 0.2) is 0 Å². The van der Waals surface area contributed by atoms with Gasteiger partial charge in [-0.05, 0) is 44.3 Å². The highest BCUT2D eigenvalue weighted by atomic mass is 32.1. The SMILES string of the molecule is CCC[C@@]1(CO)CCCN(Cc2snnc2C)C1. The van der Waals surface area contributed by atoms with Crippen molar-refractivity contribution < 1.29 is 5.11 Å². The molecule has 0 aromatic carbocycles. The predicted molar refractivity (Wildman–Crippen MR) is 73.6 cm³/mol. The molecule has 1 saturated heterocycles. The molecule has 18 heavy (non-hydrogen) atoms. The third-order valence-corrected chi connectivity index (χ3v) is 4.78. The number of piperidine rings is 1. The normalized spacial score (nSPS) is 25.5. The molecule has 5 heteroatoms. The van der Waals surface area contributed by atoms with E-state index in [1.54, 1.807) is 0 Å². The smallest absolute Gasteiger partial charge is 0.0769 e. The minimum atomic E-state index is 0.124. The molecule has 0 amide bonds. The average Bonchev–Trinajstić information content (AvgIpc) is 2.76. The van der Waals surface area contributed by atoms with E-state index in [0.29, 0.717) is 6.61 Å². The minimum Gasteiger partial charge on any atom is -0.396 e. The molecule has 1 aromatic heterocycles. The number of aromatic nitrogens is 2. The van der Waals surface area contributed by atoms with Crippen molar-refractivity contribution in [3.8, 4) is 0 Å².